The molecule has 0 saturated carbocycles. The Balaban J connectivity index is 2.21. The fourth-order valence-electron chi connectivity index (χ4n) is 3.40. The number of nitrogens with zero attached hydrogens (tertiary/aromatic N) is 1. The number of rotatable bonds is 6. The van der Waals surface area contributed by atoms with Crippen LogP contribution in [-0.4, -0.2) is 30.1 Å². The summed E-state index contributed by atoms with van der Waals surface area (Å²) in [4.78, 5) is 2.53. The molecule has 2 N–H and O–H groups in total. The van der Waals surface area contributed by atoms with E-state index in [-0.39, 0.29) is 11.6 Å². The molecule has 1 aliphatic rings. The summed E-state index contributed by atoms with van der Waals surface area (Å²) in [6, 6.07) is 8.24. The van der Waals surface area contributed by atoms with Gasteiger partial charge in [-0.05, 0) is 45.8 Å². The number of hydrogen-bond acceptors (Lipinski definition) is 3. The van der Waals surface area contributed by atoms with Crippen molar-refractivity contribution in [1.29, 1.82) is 0 Å². The second-order valence-corrected chi connectivity index (χ2v) is 6.68. The molecule has 1 aromatic rings. The quantitative estimate of drug-likeness (QED) is 0.870. The van der Waals surface area contributed by atoms with Crippen LogP contribution < -0.4 is 10.5 Å². The highest BCUT2D eigenvalue weighted by molar-refractivity contribution is 5.39. The van der Waals surface area contributed by atoms with E-state index in [1.165, 1.54) is 12.8 Å². The van der Waals surface area contributed by atoms with Gasteiger partial charge in [0.25, 0.3) is 0 Å². The topological polar surface area (TPSA) is 38.5 Å². The van der Waals surface area contributed by atoms with E-state index >= 15 is 0 Å². The SMILES string of the molecule is CCCN(CCC)CC1C(N)c2ccccc2OC1(C)C. The van der Waals surface area contributed by atoms with Gasteiger partial charge < -0.3 is 15.4 Å². The van der Waals surface area contributed by atoms with Crippen molar-refractivity contribution < 1.29 is 4.74 Å². The average Bonchev–Trinajstić information content (AvgIpc) is 2.43. The van der Waals surface area contributed by atoms with Crippen LogP contribution in [0.5, 0.6) is 5.75 Å². The van der Waals surface area contributed by atoms with E-state index < -0.39 is 0 Å². The molecule has 0 amide bonds. The molecule has 1 aromatic carbocycles. The lowest BCUT2D eigenvalue weighted by molar-refractivity contribution is -0.00670. The Bertz CT molecular complexity index is 452. The predicted octanol–water partition coefficient (Wildman–Crippen LogP) is 3.60. The van der Waals surface area contributed by atoms with Crippen molar-refractivity contribution in [2.24, 2.45) is 11.7 Å². The van der Waals surface area contributed by atoms with Gasteiger partial charge in [0.1, 0.15) is 11.4 Å². The highest BCUT2D eigenvalue weighted by atomic mass is 16.5. The molecule has 2 atom stereocenters. The molecule has 3 heteroatoms. The van der Waals surface area contributed by atoms with Crippen LogP contribution in [0.15, 0.2) is 24.3 Å². The van der Waals surface area contributed by atoms with E-state index in [1.54, 1.807) is 0 Å². The van der Waals surface area contributed by atoms with Crippen molar-refractivity contribution in [3.8, 4) is 5.75 Å². The molecule has 0 spiro atoms. The van der Waals surface area contributed by atoms with Gasteiger partial charge in [-0.1, -0.05) is 32.0 Å². The first kappa shape index (κ1) is 16.3. The number of fused-ring (bicyclic) bond motifs is 1. The molecule has 3 nitrogen and oxygen atoms in total. The Morgan fingerprint density at radius 3 is 2.38 bits per heavy atom. The van der Waals surface area contributed by atoms with E-state index in [4.69, 9.17) is 10.5 Å². The first-order chi connectivity index (χ1) is 9.99. The van der Waals surface area contributed by atoms with Crippen LogP contribution in [0.25, 0.3) is 0 Å². The molecule has 1 aliphatic heterocycles. The molecular weight excluding hydrogens is 260 g/mol. The molecule has 0 bridgehead atoms. The number of benzene rings is 1. The number of ether oxygens (including phenoxy) is 1. The summed E-state index contributed by atoms with van der Waals surface area (Å²) in [5.74, 6) is 1.26. The van der Waals surface area contributed by atoms with Gasteiger partial charge in [-0.3, -0.25) is 0 Å². The Morgan fingerprint density at radius 2 is 1.76 bits per heavy atom. The lowest BCUT2D eigenvalue weighted by atomic mass is 9.78. The van der Waals surface area contributed by atoms with Gasteiger partial charge in [0, 0.05) is 24.1 Å². The minimum Gasteiger partial charge on any atom is -0.487 e. The maximum absolute atomic E-state index is 6.60. The summed E-state index contributed by atoms with van der Waals surface area (Å²) in [5, 5.41) is 0. The highest BCUT2D eigenvalue weighted by Crippen LogP contribution is 2.42. The summed E-state index contributed by atoms with van der Waals surface area (Å²) in [7, 11) is 0. The fourth-order valence-corrected chi connectivity index (χ4v) is 3.40. The van der Waals surface area contributed by atoms with E-state index in [1.807, 2.05) is 18.2 Å². The lowest BCUT2D eigenvalue weighted by Gasteiger charge is -2.45. The molecular formula is C18H30N2O. The van der Waals surface area contributed by atoms with Crippen molar-refractivity contribution in [3.63, 3.8) is 0 Å². The molecule has 0 radical (unpaired) electrons. The standard InChI is InChI=1S/C18H30N2O/c1-5-11-20(12-6-2)13-15-17(19)14-9-7-8-10-16(14)21-18(15,3)4/h7-10,15,17H,5-6,11-13,19H2,1-4H3. The lowest BCUT2D eigenvalue weighted by Crippen LogP contribution is -2.52. The molecule has 21 heavy (non-hydrogen) atoms. The Hall–Kier alpha value is -1.06. The molecule has 2 unspecified atom stereocenters. The van der Waals surface area contributed by atoms with Gasteiger partial charge >= 0.3 is 0 Å². The zero-order chi connectivity index (χ0) is 15.5. The molecule has 0 aliphatic carbocycles. The van der Waals surface area contributed by atoms with Gasteiger partial charge in [0.05, 0.1) is 0 Å². The Labute approximate surface area is 129 Å². The van der Waals surface area contributed by atoms with Crippen molar-refractivity contribution in [2.75, 3.05) is 19.6 Å². The monoisotopic (exact) mass is 290 g/mol. The van der Waals surface area contributed by atoms with Crippen molar-refractivity contribution in [3.05, 3.63) is 29.8 Å². The highest BCUT2D eigenvalue weighted by Gasteiger charge is 2.42. The van der Waals surface area contributed by atoms with Crippen LogP contribution in [0.1, 0.15) is 52.1 Å². The summed E-state index contributed by atoms with van der Waals surface area (Å²) in [5.41, 5.74) is 7.52. The van der Waals surface area contributed by atoms with Gasteiger partial charge in [-0.15, -0.1) is 0 Å². The predicted molar refractivity (Wildman–Crippen MR) is 88.6 cm³/mol. The van der Waals surface area contributed by atoms with Gasteiger partial charge in [0.15, 0.2) is 0 Å². The second kappa shape index (κ2) is 6.80. The van der Waals surface area contributed by atoms with Crippen molar-refractivity contribution in [2.45, 2.75) is 52.2 Å². The molecule has 0 saturated heterocycles. The first-order valence-corrected chi connectivity index (χ1v) is 8.25. The normalized spacial score (nSPS) is 23.7. The van der Waals surface area contributed by atoms with Crippen LogP contribution in [0.4, 0.5) is 0 Å². The smallest absolute Gasteiger partial charge is 0.124 e. The van der Waals surface area contributed by atoms with E-state index in [0.29, 0.717) is 5.92 Å². The summed E-state index contributed by atoms with van der Waals surface area (Å²) in [6.45, 7) is 12.1. The maximum Gasteiger partial charge on any atom is 0.124 e. The molecule has 1 heterocycles. The van der Waals surface area contributed by atoms with Crippen LogP contribution in [0.2, 0.25) is 0 Å². The Morgan fingerprint density at radius 1 is 1.14 bits per heavy atom. The summed E-state index contributed by atoms with van der Waals surface area (Å²) in [6.07, 6.45) is 2.36. The van der Waals surface area contributed by atoms with Crippen molar-refractivity contribution in [1.82, 2.24) is 4.90 Å². The molecule has 2 rings (SSSR count). The minimum atomic E-state index is -0.229. The average molecular weight is 290 g/mol. The zero-order valence-corrected chi connectivity index (χ0v) is 13.9. The van der Waals surface area contributed by atoms with Crippen molar-refractivity contribution >= 4 is 0 Å². The molecule has 0 aromatic heterocycles. The summed E-state index contributed by atoms with van der Waals surface area (Å²) < 4.78 is 6.25. The largest absolute Gasteiger partial charge is 0.487 e. The van der Waals surface area contributed by atoms with E-state index in [0.717, 1.165) is 30.9 Å². The number of nitrogens with two attached hydrogens (primary N) is 1. The van der Waals surface area contributed by atoms with Crippen LogP contribution in [-0.2, 0) is 0 Å². The van der Waals surface area contributed by atoms with Gasteiger partial charge in [0.2, 0.25) is 0 Å². The third kappa shape index (κ3) is 3.58. The van der Waals surface area contributed by atoms with E-state index in [9.17, 15) is 0 Å². The van der Waals surface area contributed by atoms with E-state index in [2.05, 4.69) is 38.7 Å². The zero-order valence-electron chi connectivity index (χ0n) is 13.9. The number of para-hydroxylation sites is 1. The minimum absolute atomic E-state index is 0.0427. The third-order valence-electron chi connectivity index (χ3n) is 4.51. The first-order valence-electron chi connectivity index (χ1n) is 8.25. The fraction of sp³-hybridized carbons (Fsp3) is 0.667. The second-order valence-electron chi connectivity index (χ2n) is 6.68. The van der Waals surface area contributed by atoms with Gasteiger partial charge in [-0.25, -0.2) is 0 Å². The van der Waals surface area contributed by atoms with Crippen LogP contribution in [0, 0.1) is 5.92 Å². The van der Waals surface area contributed by atoms with Gasteiger partial charge in [-0.2, -0.15) is 0 Å². The Kier molecular flexibility index (Phi) is 5.28. The molecule has 118 valence electrons. The number of hydrogen-bond donors (Lipinski definition) is 1. The van der Waals surface area contributed by atoms with Crippen LogP contribution in [0.3, 0.4) is 0 Å². The maximum atomic E-state index is 6.60. The molecule has 0 fully saturated rings. The summed E-state index contributed by atoms with van der Waals surface area (Å²) >= 11 is 0. The van der Waals surface area contributed by atoms with Crippen LogP contribution >= 0.6 is 0 Å². The third-order valence-corrected chi connectivity index (χ3v) is 4.51.